The number of aromatic amines is 1. The van der Waals surface area contributed by atoms with E-state index in [4.69, 9.17) is 5.73 Å². The van der Waals surface area contributed by atoms with Gasteiger partial charge in [0.1, 0.15) is 5.75 Å². The molecule has 0 fully saturated rings. The second kappa shape index (κ2) is 5.41. The van der Waals surface area contributed by atoms with Crippen LogP contribution >= 0.6 is 0 Å². The number of nitrogens with one attached hydrogen (secondary N) is 1. The molecule has 3 rings (SSSR count). The summed E-state index contributed by atoms with van der Waals surface area (Å²) >= 11 is 0. The number of anilines is 1. The Hall–Kier alpha value is -3.01. The summed E-state index contributed by atoms with van der Waals surface area (Å²) in [6, 6.07) is 16.3. The van der Waals surface area contributed by atoms with E-state index in [0.29, 0.717) is 28.1 Å². The molecule has 0 spiro atoms. The van der Waals surface area contributed by atoms with Crippen molar-refractivity contribution in [2.24, 2.45) is 0 Å². The summed E-state index contributed by atoms with van der Waals surface area (Å²) in [7, 11) is 0. The van der Waals surface area contributed by atoms with E-state index >= 15 is 0 Å². The number of nitrogen functional groups attached to an aromatic ring is 1. The highest BCUT2D eigenvalue weighted by molar-refractivity contribution is 5.90. The molecular formula is C18H16N2O2. The fourth-order valence-corrected chi connectivity index (χ4v) is 2.58. The molecule has 4 nitrogen and oxygen atoms in total. The van der Waals surface area contributed by atoms with Crippen LogP contribution in [0.2, 0.25) is 0 Å². The smallest absolute Gasteiger partial charge is 0.252 e. The van der Waals surface area contributed by atoms with Crippen LogP contribution in [0.3, 0.4) is 0 Å². The third-order valence-electron chi connectivity index (χ3n) is 3.73. The second-order valence-electron chi connectivity index (χ2n) is 5.13. The standard InChI is InChI=1S/C18H16N2O2/c1-11-15(13-9-5-6-10-14(13)21)16(19)17(20-18(11)22)12-7-3-2-4-8-12/h2-10,21H,19H2,1H3,(H,20,22). The number of hydrogen-bond acceptors (Lipinski definition) is 3. The molecule has 110 valence electrons. The van der Waals surface area contributed by atoms with Crippen LogP contribution in [0.4, 0.5) is 5.69 Å². The molecule has 0 unspecified atom stereocenters. The van der Waals surface area contributed by atoms with Crippen molar-refractivity contribution in [2.45, 2.75) is 6.92 Å². The summed E-state index contributed by atoms with van der Waals surface area (Å²) in [5.74, 6) is 0.0990. The molecule has 0 amide bonds. The van der Waals surface area contributed by atoms with Crippen molar-refractivity contribution in [3.63, 3.8) is 0 Å². The molecule has 22 heavy (non-hydrogen) atoms. The first-order valence-electron chi connectivity index (χ1n) is 6.95. The van der Waals surface area contributed by atoms with Crippen LogP contribution < -0.4 is 11.3 Å². The predicted molar refractivity (Wildman–Crippen MR) is 88.7 cm³/mol. The van der Waals surface area contributed by atoms with Gasteiger partial charge in [0.25, 0.3) is 5.56 Å². The Labute approximate surface area is 127 Å². The lowest BCUT2D eigenvalue weighted by Crippen LogP contribution is -2.15. The van der Waals surface area contributed by atoms with Crippen LogP contribution in [-0.2, 0) is 0 Å². The van der Waals surface area contributed by atoms with E-state index in [9.17, 15) is 9.90 Å². The quantitative estimate of drug-likeness (QED) is 0.678. The molecule has 0 aliphatic carbocycles. The first kappa shape index (κ1) is 13.9. The molecule has 0 aliphatic heterocycles. The minimum atomic E-state index is -0.216. The minimum Gasteiger partial charge on any atom is -0.507 e. The highest BCUT2D eigenvalue weighted by atomic mass is 16.3. The third-order valence-corrected chi connectivity index (χ3v) is 3.73. The first-order chi connectivity index (χ1) is 10.6. The Kier molecular flexibility index (Phi) is 3.43. The summed E-state index contributed by atoms with van der Waals surface area (Å²) in [6.07, 6.45) is 0. The van der Waals surface area contributed by atoms with Gasteiger partial charge in [0, 0.05) is 22.3 Å². The minimum absolute atomic E-state index is 0.0990. The summed E-state index contributed by atoms with van der Waals surface area (Å²) in [6.45, 7) is 1.70. The zero-order chi connectivity index (χ0) is 15.7. The van der Waals surface area contributed by atoms with Crippen LogP contribution in [0, 0.1) is 6.92 Å². The second-order valence-corrected chi connectivity index (χ2v) is 5.13. The molecule has 3 aromatic rings. The van der Waals surface area contributed by atoms with Crippen LogP contribution in [0.15, 0.2) is 59.4 Å². The van der Waals surface area contributed by atoms with Gasteiger partial charge in [0.05, 0.1) is 11.4 Å². The van der Waals surface area contributed by atoms with Crippen LogP contribution in [0.25, 0.3) is 22.4 Å². The topological polar surface area (TPSA) is 79.1 Å². The van der Waals surface area contributed by atoms with Crippen molar-refractivity contribution < 1.29 is 5.11 Å². The molecule has 0 bridgehead atoms. The maximum absolute atomic E-state index is 12.3. The number of nitrogens with two attached hydrogens (primary N) is 1. The monoisotopic (exact) mass is 292 g/mol. The van der Waals surface area contributed by atoms with Crippen molar-refractivity contribution in [1.29, 1.82) is 0 Å². The van der Waals surface area contributed by atoms with E-state index in [1.807, 2.05) is 30.3 Å². The highest BCUT2D eigenvalue weighted by Crippen LogP contribution is 2.37. The fourth-order valence-electron chi connectivity index (χ4n) is 2.58. The van der Waals surface area contributed by atoms with Gasteiger partial charge < -0.3 is 15.8 Å². The van der Waals surface area contributed by atoms with Gasteiger partial charge in [-0.1, -0.05) is 48.5 Å². The number of phenols is 1. The lowest BCUT2D eigenvalue weighted by molar-refractivity contribution is 0.477. The molecule has 0 atom stereocenters. The average Bonchev–Trinajstić information content (AvgIpc) is 2.54. The van der Waals surface area contributed by atoms with Crippen molar-refractivity contribution in [1.82, 2.24) is 4.98 Å². The Morgan fingerprint density at radius 2 is 1.64 bits per heavy atom. The van der Waals surface area contributed by atoms with E-state index in [0.717, 1.165) is 5.56 Å². The molecule has 1 aromatic heterocycles. The molecule has 1 heterocycles. The summed E-state index contributed by atoms with van der Waals surface area (Å²) in [5.41, 5.74) is 9.54. The molecular weight excluding hydrogens is 276 g/mol. The number of rotatable bonds is 2. The average molecular weight is 292 g/mol. The third kappa shape index (κ3) is 2.24. The van der Waals surface area contributed by atoms with Crippen molar-refractivity contribution in [3.05, 3.63) is 70.5 Å². The number of phenolic OH excluding ortho intramolecular Hbond substituents is 1. The lowest BCUT2D eigenvalue weighted by atomic mass is 9.96. The van der Waals surface area contributed by atoms with Gasteiger partial charge in [-0.2, -0.15) is 0 Å². The van der Waals surface area contributed by atoms with E-state index < -0.39 is 0 Å². The maximum Gasteiger partial charge on any atom is 0.252 e. The van der Waals surface area contributed by atoms with E-state index in [-0.39, 0.29) is 11.3 Å². The van der Waals surface area contributed by atoms with Gasteiger partial charge in [-0.25, -0.2) is 0 Å². The molecule has 4 N–H and O–H groups in total. The number of aromatic hydroxyl groups is 1. The molecule has 0 saturated heterocycles. The number of H-pyrrole nitrogens is 1. The highest BCUT2D eigenvalue weighted by Gasteiger charge is 2.17. The molecule has 0 saturated carbocycles. The van der Waals surface area contributed by atoms with Gasteiger partial charge in [-0.3, -0.25) is 4.79 Å². The van der Waals surface area contributed by atoms with Gasteiger partial charge in [0.15, 0.2) is 0 Å². The normalized spacial score (nSPS) is 10.6. The molecule has 2 aromatic carbocycles. The molecule has 0 aliphatic rings. The van der Waals surface area contributed by atoms with Crippen LogP contribution in [-0.4, -0.2) is 10.1 Å². The number of aromatic nitrogens is 1. The fraction of sp³-hybridized carbons (Fsp3) is 0.0556. The Bertz CT molecular complexity index is 883. The van der Waals surface area contributed by atoms with Gasteiger partial charge in [0.2, 0.25) is 0 Å². The van der Waals surface area contributed by atoms with E-state index in [2.05, 4.69) is 4.98 Å². The summed E-state index contributed by atoms with van der Waals surface area (Å²) in [4.78, 5) is 15.1. The van der Waals surface area contributed by atoms with Crippen LogP contribution in [0.5, 0.6) is 5.75 Å². The van der Waals surface area contributed by atoms with E-state index in [1.54, 1.807) is 31.2 Å². The van der Waals surface area contributed by atoms with Crippen LogP contribution in [0.1, 0.15) is 5.56 Å². The first-order valence-corrected chi connectivity index (χ1v) is 6.95. The van der Waals surface area contributed by atoms with Gasteiger partial charge in [-0.15, -0.1) is 0 Å². The zero-order valence-corrected chi connectivity index (χ0v) is 12.1. The molecule has 4 heteroatoms. The lowest BCUT2D eigenvalue weighted by Gasteiger charge is -2.15. The number of benzene rings is 2. The van der Waals surface area contributed by atoms with Gasteiger partial charge >= 0.3 is 0 Å². The number of pyridine rings is 1. The summed E-state index contributed by atoms with van der Waals surface area (Å²) in [5, 5.41) is 10.1. The number of para-hydroxylation sites is 1. The van der Waals surface area contributed by atoms with E-state index in [1.165, 1.54) is 0 Å². The maximum atomic E-state index is 12.3. The Morgan fingerprint density at radius 3 is 2.32 bits per heavy atom. The van der Waals surface area contributed by atoms with Crippen molar-refractivity contribution in [2.75, 3.05) is 5.73 Å². The predicted octanol–water partition coefficient (Wildman–Crippen LogP) is 3.31. The zero-order valence-electron chi connectivity index (χ0n) is 12.1. The number of hydrogen-bond donors (Lipinski definition) is 3. The summed E-state index contributed by atoms with van der Waals surface area (Å²) < 4.78 is 0. The Morgan fingerprint density at radius 1 is 1.00 bits per heavy atom. The molecule has 0 radical (unpaired) electrons. The van der Waals surface area contributed by atoms with Crippen molar-refractivity contribution >= 4 is 5.69 Å². The SMILES string of the molecule is Cc1c(-c2ccccc2O)c(N)c(-c2ccccc2)[nH]c1=O. The Balaban J connectivity index is 2.35. The van der Waals surface area contributed by atoms with Crippen molar-refractivity contribution in [3.8, 4) is 28.1 Å². The largest absolute Gasteiger partial charge is 0.507 e. The van der Waals surface area contributed by atoms with Gasteiger partial charge in [-0.05, 0) is 13.0 Å².